The predicted molar refractivity (Wildman–Crippen MR) is 163 cm³/mol. The summed E-state index contributed by atoms with van der Waals surface area (Å²) in [5, 5.41) is 8.35. The summed E-state index contributed by atoms with van der Waals surface area (Å²) < 4.78 is 1.80. The fraction of sp³-hybridized carbons (Fsp3) is 0.281. The number of aromatic nitrogens is 4. The van der Waals surface area contributed by atoms with E-state index in [1.165, 1.54) is 12.6 Å². The number of pyridine rings is 1. The molecule has 5 aromatic rings. The van der Waals surface area contributed by atoms with Gasteiger partial charge < -0.3 is 20.1 Å². The molecule has 0 saturated carbocycles. The molecule has 2 aromatic carbocycles. The van der Waals surface area contributed by atoms with E-state index >= 15 is 0 Å². The summed E-state index contributed by atoms with van der Waals surface area (Å²) in [6.07, 6.45) is 5.74. The smallest absolute Gasteiger partial charge is 0.221 e. The molecule has 4 heterocycles. The molecule has 0 radical (unpaired) electrons. The number of carbonyl (C=O) groups is 1. The lowest BCUT2D eigenvalue weighted by Gasteiger charge is -2.39. The van der Waals surface area contributed by atoms with Gasteiger partial charge in [-0.1, -0.05) is 24.3 Å². The molecule has 0 aliphatic carbocycles. The number of carbonyl (C=O) groups excluding carboxylic acids is 1. The van der Waals surface area contributed by atoms with Crippen molar-refractivity contribution in [2.75, 3.05) is 36.9 Å². The summed E-state index contributed by atoms with van der Waals surface area (Å²) in [5.41, 5.74) is 10.0. The summed E-state index contributed by atoms with van der Waals surface area (Å²) >= 11 is 0. The van der Waals surface area contributed by atoms with Crippen molar-refractivity contribution < 1.29 is 4.79 Å². The van der Waals surface area contributed by atoms with Crippen molar-refractivity contribution in [1.29, 1.82) is 0 Å². The minimum atomic E-state index is -0.0891. The average Bonchev–Trinajstić information content (AvgIpc) is 3.54. The van der Waals surface area contributed by atoms with E-state index < -0.39 is 0 Å². The van der Waals surface area contributed by atoms with Crippen molar-refractivity contribution in [1.82, 2.24) is 24.6 Å². The molecule has 40 heavy (non-hydrogen) atoms. The Morgan fingerprint density at radius 2 is 1.75 bits per heavy atom. The second kappa shape index (κ2) is 10.3. The Morgan fingerprint density at radius 3 is 2.45 bits per heavy atom. The normalized spacial score (nSPS) is 16.0. The molecule has 8 nitrogen and oxygen atoms in total. The highest BCUT2D eigenvalue weighted by atomic mass is 16.1. The third kappa shape index (κ3) is 4.86. The van der Waals surface area contributed by atoms with Crippen LogP contribution in [0.1, 0.15) is 19.4 Å². The Balaban J connectivity index is 1.48. The van der Waals surface area contributed by atoms with Crippen LogP contribution in [0.5, 0.6) is 0 Å². The van der Waals surface area contributed by atoms with Gasteiger partial charge in [-0.15, -0.1) is 0 Å². The summed E-state index contributed by atoms with van der Waals surface area (Å²) in [5.74, 6) is -0.0891. The first-order valence-electron chi connectivity index (χ1n) is 13.7. The third-order valence-electron chi connectivity index (χ3n) is 8.01. The fourth-order valence-corrected chi connectivity index (χ4v) is 5.54. The van der Waals surface area contributed by atoms with Gasteiger partial charge in [0.25, 0.3) is 0 Å². The number of benzene rings is 2. The summed E-state index contributed by atoms with van der Waals surface area (Å²) in [7, 11) is 4.11. The van der Waals surface area contributed by atoms with Crippen molar-refractivity contribution >= 4 is 28.3 Å². The topological polar surface area (TPSA) is 82.1 Å². The van der Waals surface area contributed by atoms with Crippen LogP contribution < -0.4 is 10.2 Å². The Morgan fingerprint density at radius 1 is 0.975 bits per heavy atom. The number of nitrogens with zero attached hydrogens (tertiary/aromatic N) is 5. The summed E-state index contributed by atoms with van der Waals surface area (Å²) in [4.78, 5) is 25.2. The van der Waals surface area contributed by atoms with Crippen LogP contribution in [0.15, 0.2) is 67.1 Å². The van der Waals surface area contributed by atoms with E-state index in [2.05, 4.69) is 87.7 Å². The molecule has 1 aliphatic rings. The van der Waals surface area contributed by atoms with Crippen molar-refractivity contribution in [3.63, 3.8) is 0 Å². The van der Waals surface area contributed by atoms with Crippen molar-refractivity contribution in [3.05, 3.63) is 72.7 Å². The number of likely N-dealkylation sites (N-methyl/N-ethyl adjacent to an activating group) is 1. The second-order valence-corrected chi connectivity index (χ2v) is 10.9. The highest BCUT2D eigenvalue weighted by molar-refractivity contribution is 6.04. The minimum Gasteiger partial charge on any atom is -0.369 e. The zero-order valence-corrected chi connectivity index (χ0v) is 23.7. The molecule has 0 bridgehead atoms. The molecule has 8 heteroatoms. The monoisotopic (exact) mass is 533 g/mol. The maximum Gasteiger partial charge on any atom is 0.221 e. The number of hydrogen-bond donors (Lipinski definition) is 2. The van der Waals surface area contributed by atoms with Gasteiger partial charge in [-0.05, 0) is 61.9 Å². The zero-order chi connectivity index (χ0) is 28.0. The first-order valence-corrected chi connectivity index (χ1v) is 13.7. The molecule has 0 spiro atoms. The van der Waals surface area contributed by atoms with Gasteiger partial charge in [0.15, 0.2) is 0 Å². The lowest BCUT2D eigenvalue weighted by molar-refractivity contribution is -0.114. The first kappa shape index (κ1) is 25.8. The van der Waals surface area contributed by atoms with E-state index in [-0.39, 0.29) is 5.91 Å². The number of hydrogen-bond acceptors (Lipinski definition) is 5. The number of rotatable bonds is 5. The van der Waals surface area contributed by atoms with E-state index in [9.17, 15) is 4.79 Å². The molecule has 1 saturated heterocycles. The van der Waals surface area contributed by atoms with E-state index in [0.717, 1.165) is 75.4 Å². The number of H-pyrrole nitrogens is 1. The van der Waals surface area contributed by atoms with Crippen molar-refractivity contribution in [3.8, 4) is 33.5 Å². The fourth-order valence-electron chi connectivity index (χ4n) is 5.54. The number of amides is 1. The Labute approximate surface area is 234 Å². The molecular weight excluding hydrogens is 498 g/mol. The SMILES string of the molecule is CC(=O)Nc1cc(-c2c(-c3ccc(N4CCN(C)[C@@H](C)C4)cc3)[nH]c3ncc(-c4cnn(C)c4)cc23)ccc1C. The van der Waals surface area contributed by atoms with E-state index in [1.54, 1.807) is 4.68 Å². The first-order chi connectivity index (χ1) is 19.3. The molecule has 2 N–H and O–H groups in total. The standard InChI is InChI=1S/C32H35N7O/c1-20-6-7-24(15-29(20)35-22(3)40)30-28-14-25(26-17-34-38(5)19-26)16-33-32(28)36-31(30)23-8-10-27(11-9-23)39-13-12-37(4)21(2)18-39/h6-11,14-17,19,21H,12-13,18H2,1-5H3,(H,33,36)(H,35,40)/t21-/m0/s1. The molecule has 204 valence electrons. The summed E-state index contributed by atoms with van der Waals surface area (Å²) in [6, 6.07) is 17.7. The van der Waals surface area contributed by atoms with E-state index in [0.29, 0.717) is 6.04 Å². The van der Waals surface area contributed by atoms with Gasteiger partial charge in [-0.25, -0.2) is 4.98 Å². The highest BCUT2D eigenvalue weighted by Crippen LogP contribution is 2.41. The van der Waals surface area contributed by atoms with E-state index in [1.807, 2.05) is 32.6 Å². The van der Waals surface area contributed by atoms with Crippen molar-refractivity contribution in [2.24, 2.45) is 7.05 Å². The molecule has 3 aromatic heterocycles. The second-order valence-electron chi connectivity index (χ2n) is 10.9. The van der Waals surface area contributed by atoms with Crippen LogP contribution >= 0.6 is 0 Å². The number of nitrogens with one attached hydrogen (secondary N) is 2. The number of fused-ring (bicyclic) bond motifs is 1. The maximum atomic E-state index is 11.9. The van der Waals surface area contributed by atoms with Gasteiger partial charge in [0.05, 0.1) is 11.9 Å². The molecule has 1 aliphatic heterocycles. The Kier molecular flexibility index (Phi) is 6.64. The maximum absolute atomic E-state index is 11.9. The van der Waals surface area contributed by atoms with Crippen molar-refractivity contribution in [2.45, 2.75) is 26.8 Å². The quantitative estimate of drug-likeness (QED) is 0.303. The van der Waals surface area contributed by atoms with Gasteiger partial charge in [0.1, 0.15) is 5.65 Å². The molecular formula is C32H35N7O. The van der Waals surface area contributed by atoms with E-state index in [4.69, 9.17) is 4.98 Å². The Hall–Kier alpha value is -4.43. The number of anilines is 2. The molecule has 0 unspecified atom stereocenters. The molecule has 1 amide bonds. The van der Waals surface area contributed by atoms with Gasteiger partial charge in [-0.2, -0.15) is 5.10 Å². The number of piperazine rings is 1. The average molecular weight is 534 g/mol. The van der Waals surface area contributed by atoms with Gasteiger partial charge >= 0.3 is 0 Å². The van der Waals surface area contributed by atoms with Crippen LogP contribution in [0.4, 0.5) is 11.4 Å². The Bertz CT molecular complexity index is 1700. The lowest BCUT2D eigenvalue weighted by Crippen LogP contribution is -2.50. The third-order valence-corrected chi connectivity index (χ3v) is 8.01. The number of aromatic amines is 1. The van der Waals surface area contributed by atoms with Crippen LogP contribution in [0.25, 0.3) is 44.5 Å². The van der Waals surface area contributed by atoms with Crippen LogP contribution in [-0.4, -0.2) is 63.3 Å². The lowest BCUT2D eigenvalue weighted by atomic mass is 9.96. The highest BCUT2D eigenvalue weighted by Gasteiger charge is 2.22. The molecule has 1 fully saturated rings. The van der Waals surface area contributed by atoms with Crippen LogP contribution in [0.2, 0.25) is 0 Å². The number of aryl methyl sites for hydroxylation is 2. The zero-order valence-electron chi connectivity index (χ0n) is 23.7. The summed E-state index contributed by atoms with van der Waals surface area (Å²) in [6.45, 7) is 8.92. The van der Waals surface area contributed by atoms with Gasteiger partial charge in [0.2, 0.25) is 5.91 Å². The van der Waals surface area contributed by atoms with Crippen LogP contribution in [-0.2, 0) is 11.8 Å². The van der Waals surface area contributed by atoms with Gasteiger partial charge in [-0.3, -0.25) is 9.48 Å². The van der Waals surface area contributed by atoms with Crippen LogP contribution in [0, 0.1) is 6.92 Å². The van der Waals surface area contributed by atoms with Crippen LogP contribution in [0.3, 0.4) is 0 Å². The largest absolute Gasteiger partial charge is 0.369 e. The molecule has 1 atom stereocenters. The predicted octanol–water partition coefficient (Wildman–Crippen LogP) is 5.70. The van der Waals surface area contributed by atoms with Gasteiger partial charge in [0, 0.05) is 85.5 Å². The molecule has 6 rings (SSSR count). The minimum absolute atomic E-state index is 0.0891.